The van der Waals surface area contributed by atoms with Crippen LogP contribution in [0.1, 0.15) is 25.7 Å². The first-order chi connectivity index (χ1) is 5.17. The van der Waals surface area contributed by atoms with Gasteiger partial charge in [-0.3, -0.25) is 0 Å². The maximum atomic E-state index is 11.6. The van der Waals surface area contributed by atoms with E-state index in [9.17, 15) is 5.21 Å². The second-order valence-electron chi connectivity index (χ2n) is 4.47. The third kappa shape index (κ3) is 1.42. The van der Waals surface area contributed by atoms with Gasteiger partial charge in [0.15, 0.2) is 0 Å². The Hall–Kier alpha value is -0.0800. The minimum Gasteiger partial charge on any atom is -0.633 e. The number of hydroxylamine groups is 3. The molecule has 0 aromatic heterocycles. The van der Waals surface area contributed by atoms with Crippen molar-refractivity contribution in [2.45, 2.75) is 25.7 Å². The van der Waals surface area contributed by atoms with Crippen molar-refractivity contribution in [2.75, 3.05) is 20.1 Å². The van der Waals surface area contributed by atoms with Crippen molar-refractivity contribution >= 4 is 0 Å². The highest BCUT2D eigenvalue weighted by molar-refractivity contribution is 4.80. The summed E-state index contributed by atoms with van der Waals surface area (Å²) in [6.45, 7) is 1.79. The molecule has 0 amide bonds. The number of rotatable bonds is 0. The summed E-state index contributed by atoms with van der Waals surface area (Å²) in [5, 5.41) is 11.6. The molecule has 2 aliphatic rings. The van der Waals surface area contributed by atoms with Crippen LogP contribution in [0, 0.1) is 17.0 Å². The molecule has 0 bridgehead atoms. The molecule has 1 saturated heterocycles. The Kier molecular flexibility index (Phi) is 1.69. The lowest BCUT2D eigenvalue weighted by atomic mass is 9.82. The largest absolute Gasteiger partial charge is 0.633 e. The van der Waals surface area contributed by atoms with Crippen molar-refractivity contribution in [1.29, 1.82) is 0 Å². The van der Waals surface area contributed by atoms with Crippen LogP contribution in [0.2, 0.25) is 0 Å². The van der Waals surface area contributed by atoms with Crippen molar-refractivity contribution in [2.24, 2.45) is 11.8 Å². The molecule has 1 aliphatic carbocycles. The molecule has 0 N–H and O–H groups in total. The smallest absolute Gasteiger partial charge is 0.0815 e. The van der Waals surface area contributed by atoms with E-state index < -0.39 is 0 Å². The van der Waals surface area contributed by atoms with Gasteiger partial charge in [0.1, 0.15) is 0 Å². The zero-order valence-corrected chi connectivity index (χ0v) is 7.25. The van der Waals surface area contributed by atoms with Gasteiger partial charge in [-0.25, -0.2) is 0 Å². The Bertz CT molecular complexity index is 140. The fourth-order valence-corrected chi connectivity index (χ4v) is 2.83. The van der Waals surface area contributed by atoms with Crippen LogP contribution in [0.4, 0.5) is 0 Å². The van der Waals surface area contributed by atoms with Crippen LogP contribution in [0.25, 0.3) is 0 Å². The predicted octanol–water partition coefficient (Wildman–Crippen LogP) is 1.75. The molecule has 1 saturated carbocycles. The van der Waals surface area contributed by atoms with Gasteiger partial charge in [-0.2, -0.15) is 0 Å². The van der Waals surface area contributed by atoms with Gasteiger partial charge >= 0.3 is 0 Å². The molecular weight excluding hydrogens is 138 g/mol. The topological polar surface area (TPSA) is 23.1 Å². The van der Waals surface area contributed by atoms with E-state index in [2.05, 4.69) is 0 Å². The lowest BCUT2D eigenvalue weighted by Crippen LogP contribution is -2.34. The monoisotopic (exact) mass is 155 g/mol. The highest BCUT2D eigenvalue weighted by atomic mass is 16.5. The van der Waals surface area contributed by atoms with Gasteiger partial charge in [-0.1, -0.05) is 12.8 Å². The molecule has 0 radical (unpaired) electrons. The number of hydrogen-bond donors (Lipinski definition) is 0. The normalized spacial score (nSPS) is 50.7. The summed E-state index contributed by atoms with van der Waals surface area (Å²) < 4.78 is 0.0370. The molecule has 2 heteroatoms. The lowest BCUT2D eigenvalue weighted by Gasteiger charge is -2.33. The molecule has 1 unspecified atom stereocenters. The molecule has 11 heavy (non-hydrogen) atoms. The van der Waals surface area contributed by atoms with Crippen LogP contribution < -0.4 is 0 Å². The molecule has 0 aromatic carbocycles. The van der Waals surface area contributed by atoms with Gasteiger partial charge in [0.05, 0.1) is 20.1 Å². The first-order valence-corrected chi connectivity index (χ1v) is 4.73. The number of fused-ring (bicyclic) bond motifs is 1. The van der Waals surface area contributed by atoms with Crippen LogP contribution in [0.15, 0.2) is 0 Å². The van der Waals surface area contributed by atoms with Crippen LogP contribution in [-0.2, 0) is 0 Å². The highest BCUT2D eigenvalue weighted by Crippen LogP contribution is 2.38. The highest BCUT2D eigenvalue weighted by Gasteiger charge is 2.38. The average molecular weight is 155 g/mol. The Balaban J connectivity index is 2.03. The fourth-order valence-electron chi connectivity index (χ4n) is 2.83. The molecule has 2 fully saturated rings. The van der Waals surface area contributed by atoms with E-state index in [-0.39, 0.29) is 4.65 Å². The summed E-state index contributed by atoms with van der Waals surface area (Å²) in [4.78, 5) is 0. The second-order valence-corrected chi connectivity index (χ2v) is 4.47. The summed E-state index contributed by atoms with van der Waals surface area (Å²) in [7, 11) is 1.83. The van der Waals surface area contributed by atoms with E-state index in [4.69, 9.17) is 0 Å². The van der Waals surface area contributed by atoms with Crippen LogP contribution in [-0.4, -0.2) is 24.8 Å². The van der Waals surface area contributed by atoms with Crippen LogP contribution >= 0.6 is 0 Å². The van der Waals surface area contributed by atoms with E-state index in [0.29, 0.717) is 0 Å². The zero-order chi connectivity index (χ0) is 7.90. The number of nitrogens with zero attached hydrogens (tertiary/aromatic N) is 1. The van der Waals surface area contributed by atoms with Crippen molar-refractivity contribution in [3.8, 4) is 0 Å². The molecule has 2 nitrogen and oxygen atoms in total. The molecule has 0 aromatic rings. The van der Waals surface area contributed by atoms with Gasteiger partial charge in [0, 0.05) is 11.8 Å². The van der Waals surface area contributed by atoms with Gasteiger partial charge in [0.2, 0.25) is 0 Å². The van der Waals surface area contributed by atoms with Gasteiger partial charge in [-0.15, -0.1) is 0 Å². The lowest BCUT2D eigenvalue weighted by molar-refractivity contribution is -0.850. The number of hydrogen-bond acceptors (Lipinski definition) is 1. The summed E-state index contributed by atoms with van der Waals surface area (Å²) in [6.07, 6.45) is 5.36. The molecule has 0 spiro atoms. The van der Waals surface area contributed by atoms with E-state index in [1.807, 2.05) is 7.05 Å². The second kappa shape index (κ2) is 2.46. The molecule has 1 heterocycles. The molecular formula is C9H17NO. The Morgan fingerprint density at radius 1 is 1.09 bits per heavy atom. The van der Waals surface area contributed by atoms with E-state index in [1.54, 1.807) is 0 Å². The first-order valence-electron chi connectivity index (χ1n) is 4.73. The van der Waals surface area contributed by atoms with E-state index in [0.717, 1.165) is 24.9 Å². The van der Waals surface area contributed by atoms with Crippen molar-refractivity contribution in [1.82, 2.24) is 0 Å². The fraction of sp³-hybridized carbons (Fsp3) is 1.00. The molecule has 2 rings (SSSR count). The van der Waals surface area contributed by atoms with Crippen molar-refractivity contribution in [3.63, 3.8) is 0 Å². The van der Waals surface area contributed by atoms with E-state index >= 15 is 0 Å². The quantitative estimate of drug-likeness (QED) is 0.386. The van der Waals surface area contributed by atoms with Gasteiger partial charge in [-0.05, 0) is 12.8 Å². The zero-order valence-electron chi connectivity index (χ0n) is 7.25. The molecule has 64 valence electrons. The summed E-state index contributed by atoms with van der Waals surface area (Å²) >= 11 is 0. The average Bonchev–Trinajstić information content (AvgIpc) is 2.21. The van der Waals surface area contributed by atoms with Gasteiger partial charge < -0.3 is 9.85 Å². The SMILES string of the molecule is C[N+]1([O-])C[C@H]2CCCC[C@H]2C1. The minimum absolute atomic E-state index is 0.0370. The molecule has 1 aliphatic heterocycles. The minimum atomic E-state index is 0.0370. The Morgan fingerprint density at radius 3 is 2.00 bits per heavy atom. The standard InChI is InChI=1S/C9H17NO/c1-10(11)6-8-4-2-3-5-9(8)7-10/h8-9H,2-7H2,1H3/t8-,9+,10?. The number of likely N-dealkylation sites (tertiary alicyclic amines) is 1. The Labute approximate surface area is 68.4 Å². The van der Waals surface area contributed by atoms with Crippen molar-refractivity contribution in [3.05, 3.63) is 5.21 Å². The van der Waals surface area contributed by atoms with Crippen LogP contribution in [0.5, 0.6) is 0 Å². The Morgan fingerprint density at radius 2 is 1.55 bits per heavy atom. The third-order valence-electron chi connectivity index (χ3n) is 3.31. The summed E-state index contributed by atoms with van der Waals surface area (Å²) in [5.74, 6) is 1.54. The summed E-state index contributed by atoms with van der Waals surface area (Å²) in [5.41, 5.74) is 0. The van der Waals surface area contributed by atoms with Crippen LogP contribution in [0.3, 0.4) is 0 Å². The predicted molar refractivity (Wildman–Crippen MR) is 44.7 cm³/mol. The number of quaternary nitrogens is 1. The maximum Gasteiger partial charge on any atom is 0.0815 e. The molecule has 3 atom stereocenters. The summed E-state index contributed by atoms with van der Waals surface area (Å²) in [6, 6.07) is 0. The van der Waals surface area contributed by atoms with Gasteiger partial charge in [0.25, 0.3) is 0 Å². The maximum absolute atomic E-state index is 11.6. The van der Waals surface area contributed by atoms with Crippen molar-refractivity contribution < 1.29 is 4.65 Å². The third-order valence-corrected chi connectivity index (χ3v) is 3.31. The first kappa shape index (κ1) is 7.56. The van der Waals surface area contributed by atoms with E-state index in [1.165, 1.54) is 25.7 Å².